The molecule has 0 radical (unpaired) electrons. The zero-order valence-corrected chi connectivity index (χ0v) is 7.90. The monoisotopic (exact) mass is 201 g/mol. The number of hydrogen-bond donors (Lipinski definition) is 3. The van der Waals surface area contributed by atoms with E-state index in [1.165, 1.54) is 4.90 Å². The van der Waals surface area contributed by atoms with Gasteiger partial charge >= 0.3 is 6.09 Å². The van der Waals surface area contributed by atoms with Crippen molar-refractivity contribution < 1.29 is 14.7 Å². The summed E-state index contributed by atoms with van der Waals surface area (Å²) in [7, 11) is 0. The number of nitrogens with one attached hydrogen (secondary N) is 1. The van der Waals surface area contributed by atoms with Crippen LogP contribution in [0.1, 0.15) is 25.7 Å². The highest BCUT2D eigenvalue weighted by Crippen LogP contribution is 2.19. The molecule has 0 aromatic heterocycles. The lowest BCUT2D eigenvalue weighted by molar-refractivity contribution is -0.122. The van der Waals surface area contributed by atoms with Crippen LogP contribution in [0, 0.1) is 0 Å². The van der Waals surface area contributed by atoms with E-state index in [-0.39, 0.29) is 18.4 Å². The number of rotatable bonds is 2. The van der Waals surface area contributed by atoms with E-state index < -0.39 is 6.09 Å². The molecule has 1 heterocycles. The zero-order valence-electron chi connectivity index (χ0n) is 7.90. The highest BCUT2D eigenvalue weighted by Gasteiger charge is 2.27. The maximum Gasteiger partial charge on any atom is 0.407 e. The first kappa shape index (κ1) is 10.8. The largest absolute Gasteiger partial charge is 0.465 e. The van der Waals surface area contributed by atoms with Gasteiger partial charge in [0.1, 0.15) is 0 Å². The molecule has 0 aliphatic carbocycles. The Balaban J connectivity index is 2.54. The van der Waals surface area contributed by atoms with Crippen molar-refractivity contribution in [3.63, 3.8) is 0 Å². The van der Waals surface area contributed by atoms with Crippen LogP contribution in [0.15, 0.2) is 0 Å². The lowest BCUT2D eigenvalue weighted by atomic mass is 10.00. The van der Waals surface area contributed by atoms with Crippen molar-refractivity contribution >= 4 is 12.0 Å². The molecule has 1 rings (SSSR count). The first-order chi connectivity index (χ1) is 6.65. The Kier molecular flexibility index (Phi) is 3.70. The molecular weight excluding hydrogens is 186 g/mol. The van der Waals surface area contributed by atoms with E-state index in [0.717, 1.165) is 19.3 Å². The number of carbonyl (C=O) groups is 2. The summed E-state index contributed by atoms with van der Waals surface area (Å²) in [6.45, 7) is 0.512. The molecule has 6 heteroatoms. The van der Waals surface area contributed by atoms with Crippen LogP contribution in [0.3, 0.4) is 0 Å². The SMILES string of the molecule is NNC(=O)CC1CCCCN1C(=O)O. The third-order valence-electron chi connectivity index (χ3n) is 2.45. The first-order valence-corrected chi connectivity index (χ1v) is 4.64. The van der Waals surface area contributed by atoms with E-state index >= 15 is 0 Å². The van der Waals surface area contributed by atoms with Gasteiger partial charge in [0.2, 0.25) is 5.91 Å². The van der Waals surface area contributed by atoms with Gasteiger partial charge < -0.3 is 10.0 Å². The summed E-state index contributed by atoms with van der Waals surface area (Å²) in [6.07, 6.45) is 1.77. The molecule has 0 saturated carbocycles. The van der Waals surface area contributed by atoms with Crippen LogP contribution in [-0.4, -0.2) is 34.6 Å². The second kappa shape index (κ2) is 4.80. The number of hydrazine groups is 1. The van der Waals surface area contributed by atoms with Crippen LogP contribution in [0.5, 0.6) is 0 Å². The van der Waals surface area contributed by atoms with Gasteiger partial charge in [0.15, 0.2) is 0 Å². The highest BCUT2D eigenvalue weighted by atomic mass is 16.4. The number of amides is 2. The van der Waals surface area contributed by atoms with Gasteiger partial charge in [-0.25, -0.2) is 10.6 Å². The van der Waals surface area contributed by atoms with Crippen molar-refractivity contribution in [3.05, 3.63) is 0 Å². The standard InChI is InChI=1S/C8H15N3O3/c9-10-7(12)5-6-3-1-2-4-11(6)8(13)14/h6H,1-5,9H2,(H,10,12)(H,13,14). The van der Waals surface area contributed by atoms with Crippen LogP contribution >= 0.6 is 0 Å². The first-order valence-electron chi connectivity index (χ1n) is 4.64. The molecule has 0 aromatic carbocycles. The van der Waals surface area contributed by atoms with E-state index in [4.69, 9.17) is 10.9 Å². The van der Waals surface area contributed by atoms with Crippen molar-refractivity contribution in [2.45, 2.75) is 31.7 Å². The summed E-state index contributed by atoms with van der Waals surface area (Å²) in [5, 5.41) is 8.86. The van der Waals surface area contributed by atoms with Gasteiger partial charge in [0, 0.05) is 19.0 Å². The van der Waals surface area contributed by atoms with Crippen molar-refractivity contribution in [2.75, 3.05) is 6.54 Å². The molecule has 1 fully saturated rings. The molecule has 1 aliphatic rings. The second-order valence-electron chi connectivity index (χ2n) is 3.40. The molecule has 1 saturated heterocycles. The van der Waals surface area contributed by atoms with Crippen molar-refractivity contribution in [3.8, 4) is 0 Å². The summed E-state index contributed by atoms with van der Waals surface area (Å²) in [4.78, 5) is 23.1. The average molecular weight is 201 g/mol. The van der Waals surface area contributed by atoms with E-state index in [1.54, 1.807) is 0 Å². The van der Waals surface area contributed by atoms with Crippen LogP contribution in [0.2, 0.25) is 0 Å². The summed E-state index contributed by atoms with van der Waals surface area (Å²) in [6, 6.07) is -0.218. The third-order valence-corrected chi connectivity index (χ3v) is 2.45. The third kappa shape index (κ3) is 2.59. The maximum absolute atomic E-state index is 11.0. The Morgan fingerprint density at radius 3 is 2.79 bits per heavy atom. The predicted octanol–water partition coefficient (Wildman–Crippen LogP) is -0.101. The van der Waals surface area contributed by atoms with E-state index in [0.29, 0.717) is 6.54 Å². The van der Waals surface area contributed by atoms with Crippen LogP contribution in [0.25, 0.3) is 0 Å². The van der Waals surface area contributed by atoms with Gasteiger partial charge in [0.05, 0.1) is 0 Å². The molecule has 0 spiro atoms. The average Bonchev–Trinajstić information content (AvgIpc) is 2.18. The zero-order chi connectivity index (χ0) is 10.6. The highest BCUT2D eigenvalue weighted by molar-refractivity contribution is 5.76. The molecule has 2 amide bonds. The van der Waals surface area contributed by atoms with E-state index in [1.807, 2.05) is 5.43 Å². The number of nitrogens with two attached hydrogens (primary N) is 1. The van der Waals surface area contributed by atoms with Crippen molar-refractivity contribution in [1.29, 1.82) is 0 Å². The second-order valence-corrected chi connectivity index (χ2v) is 3.40. The minimum Gasteiger partial charge on any atom is -0.465 e. The van der Waals surface area contributed by atoms with E-state index in [9.17, 15) is 9.59 Å². The van der Waals surface area contributed by atoms with Gasteiger partial charge in [-0.1, -0.05) is 0 Å². The number of hydrogen-bond acceptors (Lipinski definition) is 3. The Bertz CT molecular complexity index is 232. The molecule has 1 unspecified atom stereocenters. The molecule has 1 aliphatic heterocycles. The number of carbonyl (C=O) groups excluding carboxylic acids is 1. The van der Waals surface area contributed by atoms with Crippen molar-refractivity contribution in [2.24, 2.45) is 5.84 Å². The minimum atomic E-state index is -0.959. The topological polar surface area (TPSA) is 95.7 Å². The number of likely N-dealkylation sites (tertiary alicyclic amines) is 1. The summed E-state index contributed by atoms with van der Waals surface area (Å²) < 4.78 is 0. The minimum absolute atomic E-state index is 0.156. The van der Waals surface area contributed by atoms with Gasteiger partial charge in [-0.05, 0) is 19.3 Å². The number of carboxylic acid groups (broad SMARTS) is 1. The van der Waals surface area contributed by atoms with Crippen LogP contribution < -0.4 is 11.3 Å². The molecule has 1 atom stereocenters. The fraction of sp³-hybridized carbons (Fsp3) is 0.750. The van der Waals surface area contributed by atoms with Crippen molar-refractivity contribution in [1.82, 2.24) is 10.3 Å². The normalized spacial score (nSPS) is 21.8. The molecule has 0 aromatic rings. The lowest BCUT2D eigenvalue weighted by Gasteiger charge is -2.32. The smallest absolute Gasteiger partial charge is 0.407 e. The number of nitrogens with zero attached hydrogens (tertiary/aromatic N) is 1. The maximum atomic E-state index is 11.0. The Morgan fingerprint density at radius 2 is 2.21 bits per heavy atom. The number of piperidine rings is 1. The molecule has 0 bridgehead atoms. The summed E-state index contributed by atoms with van der Waals surface area (Å²) >= 11 is 0. The molecule has 4 N–H and O–H groups in total. The Hall–Kier alpha value is -1.30. The van der Waals surface area contributed by atoms with E-state index in [2.05, 4.69) is 0 Å². The van der Waals surface area contributed by atoms with Gasteiger partial charge in [0.25, 0.3) is 0 Å². The van der Waals surface area contributed by atoms with Gasteiger partial charge in [-0.2, -0.15) is 0 Å². The molecule has 80 valence electrons. The van der Waals surface area contributed by atoms with Crippen LogP contribution in [-0.2, 0) is 4.79 Å². The molecular formula is C8H15N3O3. The van der Waals surface area contributed by atoms with Gasteiger partial charge in [-0.15, -0.1) is 0 Å². The fourth-order valence-corrected chi connectivity index (χ4v) is 1.74. The Morgan fingerprint density at radius 1 is 1.50 bits per heavy atom. The molecule has 14 heavy (non-hydrogen) atoms. The quantitative estimate of drug-likeness (QED) is 0.330. The fourth-order valence-electron chi connectivity index (χ4n) is 1.74. The lowest BCUT2D eigenvalue weighted by Crippen LogP contribution is -2.46. The summed E-state index contributed by atoms with van der Waals surface area (Å²) in [5.41, 5.74) is 2.01. The molecule has 6 nitrogen and oxygen atoms in total. The Labute approximate surface area is 82.0 Å². The summed E-state index contributed by atoms with van der Waals surface area (Å²) in [5.74, 6) is 4.63. The van der Waals surface area contributed by atoms with Gasteiger partial charge in [-0.3, -0.25) is 10.2 Å². The predicted molar refractivity (Wildman–Crippen MR) is 49.3 cm³/mol. The van der Waals surface area contributed by atoms with Crippen LogP contribution in [0.4, 0.5) is 4.79 Å².